The molecule has 1 saturated carbocycles. The summed E-state index contributed by atoms with van der Waals surface area (Å²) in [5.74, 6) is 1.03. The van der Waals surface area contributed by atoms with Gasteiger partial charge in [-0.1, -0.05) is 31.4 Å². The van der Waals surface area contributed by atoms with E-state index < -0.39 is 0 Å². The van der Waals surface area contributed by atoms with Gasteiger partial charge in [0, 0.05) is 30.4 Å². The quantitative estimate of drug-likeness (QED) is 0.520. The summed E-state index contributed by atoms with van der Waals surface area (Å²) < 4.78 is 0. The molecule has 2 heterocycles. The van der Waals surface area contributed by atoms with Crippen LogP contribution in [0.5, 0.6) is 0 Å². The van der Waals surface area contributed by atoms with Crippen LogP contribution in [0.1, 0.15) is 67.3 Å². The van der Waals surface area contributed by atoms with E-state index in [0.29, 0.717) is 18.3 Å². The lowest BCUT2D eigenvalue weighted by molar-refractivity contribution is 0.0550. The molecule has 0 saturated heterocycles. The van der Waals surface area contributed by atoms with Crippen molar-refractivity contribution in [3.63, 3.8) is 0 Å². The highest BCUT2D eigenvalue weighted by molar-refractivity contribution is 7.09. The molecule has 1 aromatic carbocycles. The van der Waals surface area contributed by atoms with Crippen molar-refractivity contribution in [3.8, 4) is 0 Å². The Bertz CT molecular complexity index is 940. The number of nitrogens with one attached hydrogen (secondary N) is 2. The Labute approximate surface area is 182 Å². The Morgan fingerprint density at radius 1 is 1.23 bits per heavy atom. The van der Waals surface area contributed by atoms with Crippen molar-refractivity contribution in [3.05, 3.63) is 46.2 Å². The van der Waals surface area contributed by atoms with E-state index >= 15 is 0 Å². The lowest BCUT2D eigenvalue weighted by Gasteiger charge is -2.37. The van der Waals surface area contributed by atoms with Crippen molar-refractivity contribution < 1.29 is 4.79 Å². The predicted molar refractivity (Wildman–Crippen MR) is 122 cm³/mol. The van der Waals surface area contributed by atoms with E-state index in [2.05, 4.69) is 39.0 Å². The molecule has 2 N–H and O–H groups in total. The molecule has 0 unspecified atom stereocenters. The second-order valence-corrected chi connectivity index (χ2v) is 9.29. The zero-order valence-corrected chi connectivity index (χ0v) is 18.7. The minimum absolute atomic E-state index is 0.0923. The van der Waals surface area contributed by atoms with Gasteiger partial charge in [0.05, 0.1) is 22.6 Å². The third kappa shape index (κ3) is 4.90. The third-order valence-electron chi connectivity index (χ3n) is 5.78. The van der Waals surface area contributed by atoms with Crippen LogP contribution in [-0.2, 0) is 13.0 Å². The summed E-state index contributed by atoms with van der Waals surface area (Å²) in [6, 6.07) is 8.62. The van der Waals surface area contributed by atoms with Crippen LogP contribution >= 0.6 is 11.3 Å². The summed E-state index contributed by atoms with van der Waals surface area (Å²) >= 11 is 1.58. The van der Waals surface area contributed by atoms with Gasteiger partial charge in [0.1, 0.15) is 11.5 Å². The number of aromatic nitrogens is 3. The predicted octanol–water partition coefficient (Wildman–Crippen LogP) is 4.54. The first-order valence-corrected chi connectivity index (χ1v) is 11.9. The van der Waals surface area contributed by atoms with Crippen LogP contribution in [0, 0.1) is 0 Å². The Morgan fingerprint density at radius 3 is 2.80 bits per heavy atom. The molecule has 0 atom stereocenters. The maximum Gasteiger partial charge on any atom is 0.273 e. The van der Waals surface area contributed by atoms with Crippen molar-refractivity contribution in [1.29, 1.82) is 0 Å². The molecule has 3 aromatic rings. The maximum atomic E-state index is 13.1. The van der Waals surface area contributed by atoms with Crippen molar-refractivity contribution >= 4 is 28.3 Å². The Balaban J connectivity index is 1.30. The smallest absolute Gasteiger partial charge is 0.273 e. The average molecular weight is 426 g/mol. The SMILES string of the molecule is CC(C)N(C(=O)c1csc(CCNCc2nc3ccccc3[nH]2)n1)C1CCCCC1. The summed E-state index contributed by atoms with van der Waals surface area (Å²) in [4.78, 5) is 27.8. The number of benzene rings is 1. The van der Waals surface area contributed by atoms with Gasteiger partial charge in [0.2, 0.25) is 0 Å². The third-order valence-corrected chi connectivity index (χ3v) is 6.68. The molecule has 0 radical (unpaired) electrons. The molecular formula is C23H31N5OS. The van der Waals surface area contributed by atoms with Crippen molar-refractivity contribution in [2.75, 3.05) is 6.54 Å². The van der Waals surface area contributed by atoms with Crippen molar-refractivity contribution in [2.45, 2.75) is 71.0 Å². The minimum Gasteiger partial charge on any atom is -0.341 e. The first-order chi connectivity index (χ1) is 14.6. The van der Waals surface area contributed by atoms with E-state index in [1.165, 1.54) is 19.3 Å². The number of para-hydroxylation sites is 2. The van der Waals surface area contributed by atoms with Gasteiger partial charge in [-0.3, -0.25) is 4.79 Å². The van der Waals surface area contributed by atoms with Crippen molar-refractivity contribution in [1.82, 2.24) is 25.2 Å². The second kappa shape index (κ2) is 9.71. The molecule has 0 spiro atoms. The first-order valence-electron chi connectivity index (χ1n) is 11.0. The number of carbonyl (C=O) groups excluding carboxylic acids is 1. The topological polar surface area (TPSA) is 73.9 Å². The molecule has 1 amide bonds. The van der Waals surface area contributed by atoms with Crippen molar-refractivity contribution in [2.24, 2.45) is 0 Å². The van der Waals surface area contributed by atoms with Crippen LogP contribution in [0.4, 0.5) is 0 Å². The van der Waals surface area contributed by atoms with E-state index in [1.807, 2.05) is 29.6 Å². The highest BCUT2D eigenvalue weighted by Crippen LogP contribution is 2.26. The standard InChI is InChI=1S/C23H31N5OS/c1-16(2)28(17-8-4-3-5-9-17)23(29)20-15-30-22(27-20)12-13-24-14-21-25-18-10-6-7-11-19(18)26-21/h6-7,10-11,15-17,24H,3-5,8-9,12-14H2,1-2H3,(H,25,26). The molecule has 1 aliphatic rings. The summed E-state index contributed by atoms with van der Waals surface area (Å²) in [6.45, 7) is 5.72. The van der Waals surface area contributed by atoms with Gasteiger partial charge in [-0.15, -0.1) is 11.3 Å². The highest BCUT2D eigenvalue weighted by atomic mass is 32.1. The first kappa shape index (κ1) is 21.0. The van der Waals surface area contributed by atoms with E-state index in [4.69, 9.17) is 0 Å². The fourth-order valence-electron chi connectivity index (χ4n) is 4.33. The number of hydrogen-bond acceptors (Lipinski definition) is 5. The van der Waals surface area contributed by atoms with Crippen LogP contribution in [0.3, 0.4) is 0 Å². The van der Waals surface area contributed by atoms with Gasteiger partial charge >= 0.3 is 0 Å². The van der Waals surface area contributed by atoms with Gasteiger partial charge in [-0.25, -0.2) is 9.97 Å². The summed E-state index contributed by atoms with van der Waals surface area (Å²) in [6.07, 6.45) is 6.78. The van der Waals surface area contributed by atoms with E-state index in [9.17, 15) is 4.79 Å². The molecular weight excluding hydrogens is 394 g/mol. The van der Waals surface area contributed by atoms with Gasteiger partial charge in [0.25, 0.3) is 5.91 Å². The van der Waals surface area contributed by atoms with Gasteiger partial charge in [-0.2, -0.15) is 0 Å². The molecule has 30 heavy (non-hydrogen) atoms. The monoisotopic (exact) mass is 425 g/mol. The van der Waals surface area contributed by atoms with E-state index in [0.717, 1.165) is 47.7 Å². The normalized spacial score (nSPS) is 15.2. The average Bonchev–Trinajstić information content (AvgIpc) is 3.38. The summed E-state index contributed by atoms with van der Waals surface area (Å²) in [5.41, 5.74) is 2.65. The Hall–Kier alpha value is -2.25. The number of imidazole rings is 1. The van der Waals surface area contributed by atoms with Gasteiger partial charge in [0.15, 0.2) is 0 Å². The van der Waals surface area contributed by atoms with Crippen LogP contribution < -0.4 is 5.32 Å². The van der Waals surface area contributed by atoms with Gasteiger partial charge < -0.3 is 15.2 Å². The Morgan fingerprint density at radius 2 is 2.03 bits per heavy atom. The number of carbonyl (C=O) groups is 1. The number of fused-ring (bicyclic) bond motifs is 1. The zero-order valence-electron chi connectivity index (χ0n) is 17.9. The summed E-state index contributed by atoms with van der Waals surface area (Å²) in [5, 5.41) is 6.35. The number of hydrogen-bond donors (Lipinski definition) is 2. The van der Waals surface area contributed by atoms with Crippen LogP contribution in [0.2, 0.25) is 0 Å². The van der Waals surface area contributed by atoms with Crippen LogP contribution in [0.15, 0.2) is 29.6 Å². The van der Waals surface area contributed by atoms with Crippen LogP contribution in [-0.4, -0.2) is 44.4 Å². The molecule has 0 bridgehead atoms. The molecule has 4 rings (SSSR count). The number of rotatable bonds is 8. The van der Waals surface area contributed by atoms with Crippen LogP contribution in [0.25, 0.3) is 11.0 Å². The lowest BCUT2D eigenvalue weighted by Crippen LogP contribution is -2.45. The molecule has 1 fully saturated rings. The van der Waals surface area contributed by atoms with Gasteiger partial charge in [-0.05, 0) is 38.8 Å². The number of H-pyrrole nitrogens is 1. The molecule has 2 aromatic heterocycles. The highest BCUT2D eigenvalue weighted by Gasteiger charge is 2.29. The maximum absolute atomic E-state index is 13.1. The lowest BCUT2D eigenvalue weighted by atomic mass is 9.93. The second-order valence-electron chi connectivity index (χ2n) is 8.35. The molecule has 6 nitrogen and oxygen atoms in total. The number of amides is 1. The largest absolute Gasteiger partial charge is 0.341 e. The minimum atomic E-state index is 0.0923. The number of nitrogens with zero attached hydrogens (tertiary/aromatic N) is 3. The van der Waals surface area contributed by atoms with E-state index in [-0.39, 0.29) is 11.9 Å². The Kier molecular flexibility index (Phi) is 6.79. The molecule has 7 heteroatoms. The fourth-order valence-corrected chi connectivity index (χ4v) is 5.10. The molecule has 160 valence electrons. The molecule has 1 aliphatic carbocycles. The van der Waals surface area contributed by atoms with E-state index in [1.54, 1.807) is 11.3 Å². The number of thiazole rings is 1. The number of aromatic amines is 1. The fraction of sp³-hybridized carbons (Fsp3) is 0.522. The zero-order chi connectivity index (χ0) is 20.9. The summed E-state index contributed by atoms with van der Waals surface area (Å²) in [7, 11) is 0. The molecule has 0 aliphatic heterocycles.